The first-order chi connectivity index (χ1) is 13.4. The zero-order valence-corrected chi connectivity index (χ0v) is 17.6. The molecule has 0 atom stereocenters. The maximum absolute atomic E-state index is 12.7. The van der Waals surface area contributed by atoms with Crippen LogP contribution in [0.2, 0.25) is 0 Å². The molecule has 0 spiro atoms. The van der Waals surface area contributed by atoms with E-state index < -0.39 is 0 Å². The molecular formula is C22H24N2O3S. The summed E-state index contributed by atoms with van der Waals surface area (Å²) in [6.07, 6.45) is 0. The van der Waals surface area contributed by atoms with Crippen LogP contribution < -0.4 is 4.74 Å². The number of carbonyl (C=O) groups excluding carboxylic acids is 1. The minimum absolute atomic E-state index is 0.0585. The lowest BCUT2D eigenvalue weighted by Gasteiger charge is -2.13. The first-order valence-electron chi connectivity index (χ1n) is 9.21. The van der Waals surface area contributed by atoms with Gasteiger partial charge in [-0.2, -0.15) is 0 Å². The first kappa shape index (κ1) is 20.1. The Hall–Kier alpha value is -2.60. The summed E-state index contributed by atoms with van der Waals surface area (Å²) in [7, 11) is 0. The van der Waals surface area contributed by atoms with Gasteiger partial charge in [-0.3, -0.25) is 4.79 Å². The van der Waals surface area contributed by atoms with E-state index in [-0.39, 0.29) is 11.5 Å². The third kappa shape index (κ3) is 4.12. The van der Waals surface area contributed by atoms with Crippen molar-refractivity contribution in [1.29, 1.82) is 0 Å². The monoisotopic (exact) mass is 396 g/mol. The van der Waals surface area contributed by atoms with Crippen LogP contribution in [0.3, 0.4) is 0 Å². The topological polar surface area (TPSA) is 65.2 Å². The molecule has 1 heterocycles. The van der Waals surface area contributed by atoms with Crippen LogP contribution in [-0.4, -0.2) is 28.3 Å². The molecule has 0 N–H and O–H groups in total. The van der Waals surface area contributed by atoms with E-state index >= 15 is 0 Å². The number of aromatic nitrogens is 2. The highest BCUT2D eigenvalue weighted by molar-refractivity contribution is 7.99. The van der Waals surface area contributed by atoms with Gasteiger partial charge in [-0.1, -0.05) is 23.9 Å². The van der Waals surface area contributed by atoms with E-state index in [9.17, 15) is 4.79 Å². The van der Waals surface area contributed by atoms with E-state index in [0.717, 1.165) is 22.3 Å². The number of rotatable bonds is 7. The summed E-state index contributed by atoms with van der Waals surface area (Å²) >= 11 is 1.25. The molecule has 0 aliphatic rings. The van der Waals surface area contributed by atoms with Gasteiger partial charge in [0.2, 0.25) is 0 Å². The molecule has 6 heteroatoms. The number of Topliss-reactive ketones (excluding diaryl/α,β-unsaturated/α-hetero) is 1. The van der Waals surface area contributed by atoms with Crippen LogP contribution in [0.1, 0.15) is 39.5 Å². The van der Waals surface area contributed by atoms with E-state index in [1.807, 2.05) is 51.1 Å². The van der Waals surface area contributed by atoms with Gasteiger partial charge >= 0.3 is 0 Å². The number of thioether (sulfide) groups is 1. The number of aryl methyl sites for hydroxylation is 1. The number of ketones is 1. The number of benzene rings is 2. The molecule has 0 aliphatic carbocycles. The van der Waals surface area contributed by atoms with Crippen molar-refractivity contribution in [1.82, 2.24) is 10.2 Å². The molecule has 1 aromatic heterocycles. The molecule has 0 aliphatic heterocycles. The van der Waals surface area contributed by atoms with Gasteiger partial charge in [0.15, 0.2) is 5.78 Å². The largest absolute Gasteiger partial charge is 0.493 e. The third-order valence-electron chi connectivity index (χ3n) is 4.93. The molecule has 0 unspecified atom stereocenters. The first-order valence-corrected chi connectivity index (χ1v) is 10.2. The van der Waals surface area contributed by atoms with Crippen molar-refractivity contribution in [3.8, 4) is 17.2 Å². The van der Waals surface area contributed by atoms with Crippen molar-refractivity contribution in [2.45, 2.75) is 39.8 Å². The van der Waals surface area contributed by atoms with Crippen LogP contribution in [0.4, 0.5) is 0 Å². The summed E-state index contributed by atoms with van der Waals surface area (Å²) in [6.45, 7) is 10.6. The van der Waals surface area contributed by atoms with Crippen molar-refractivity contribution in [3.63, 3.8) is 0 Å². The minimum Gasteiger partial charge on any atom is -0.493 e. The zero-order valence-electron chi connectivity index (χ0n) is 16.8. The molecule has 0 radical (unpaired) electrons. The van der Waals surface area contributed by atoms with E-state index in [1.54, 1.807) is 0 Å². The normalized spacial score (nSPS) is 10.9. The van der Waals surface area contributed by atoms with Gasteiger partial charge < -0.3 is 9.15 Å². The molecule has 0 fully saturated rings. The second kappa shape index (κ2) is 8.61. The lowest BCUT2D eigenvalue weighted by atomic mass is 9.93. The van der Waals surface area contributed by atoms with Crippen molar-refractivity contribution in [2.24, 2.45) is 0 Å². The van der Waals surface area contributed by atoms with Gasteiger partial charge in [-0.05, 0) is 75.1 Å². The molecule has 2 aromatic carbocycles. The summed E-state index contributed by atoms with van der Waals surface area (Å²) < 4.78 is 11.4. The van der Waals surface area contributed by atoms with Crippen molar-refractivity contribution in [3.05, 3.63) is 58.1 Å². The maximum Gasteiger partial charge on any atom is 0.277 e. The van der Waals surface area contributed by atoms with Gasteiger partial charge in [0, 0.05) is 5.56 Å². The molecule has 5 nitrogen and oxygen atoms in total. The Labute approximate surface area is 169 Å². The fourth-order valence-electron chi connectivity index (χ4n) is 3.01. The highest BCUT2D eigenvalue weighted by Crippen LogP contribution is 2.31. The van der Waals surface area contributed by atoms with Crippen LogP contribution in [0.15, 0.2) is 40.0 Å². The Morgan fingerprint density at radius 2 is 1.82 bits per heavy atom. The average molecular weight is 397 g/mol. The second-order valence-corrected chi connectivity index (χ2v) is 7.56. The summed E-state index contributed by atoms with van der Waals surface area (Å²) in [4.78, 5) is 12.7. The summed E-state index contributed by atoms with van der Waals surface area (Å²) in [5.41, 5.74) is 6.07. The summed E-state index contributed by atoms with van der Waals surface area (Å²) in [6, 6.07) is 9.50. The van der Waals surface area contributed by atoms with Gasteiger partial charge in [0.05, 0.1) is 17.9 Å². The molecule has 3 aromatic rings. The molecule has 28 heavy (non-hydrogen) atoms. The van der Waals surface area contributed by atoms with Crippen LogP contribution in [0.5, 0.6) is 5.75 Å². The fourth-order valence-corrected chi connectivity index (χ4v) is 3.65. The second-order valence-electron chi connectivity index (χ2n) is 6.63. The van der Waals surface area contributed by atoms with Gasteiger partial charge in [0.1, 0.15) is 5.75 Å². The number of carbonyl (C=O) groups is 1. The lowest BCUT2D eigenvalue weighted by Crippen LogP contribution is -2.08. The predicted molar refractivity (Wildman–Crippen MR) is 111 cm³/mol. The van der Waals surface area contributed by atoms with Gasteiger partial charge in [0.25, 0.3) is 11.1 Å². The number of nitrogens with zero attached hydrogens (tertiary/aromatic N) is 2. The molecule has 0 saturated carbocycles. The Morgan fingerprint density at radius 3 is 2.57 bits per heavy atom. The van der Waals surface area contributed by atoms with Crippen molar-refractivity contribution >= 4 is 17.5 Å². The predicted octanol–water partition coefficient (Wildman–Crippen LogP) is 5.34. The van der Waals surface area contributed by atoms with Crippen LogP contribution in [-0.2, 0) is 0 Å². The highest BCUT2D eigenvalue weighted by atomic mass is 32.2. The zero-order chi connectivity index (χ0) is 20.3. The van der Waals surface area contributed by atoms with Crippen molar-refractivity contribution in [2.75, 3.05) is 12.4 Å². The molecule has 146 valence electrons. The summed E-state index contributed by atoms with van der Waals surface area (Å²) in [5, 5.41) is 8.55. The van der Waals surface area contributed by atoms with Crippen molar-refractivity contribution < 1.29 is 13.9 Å². The van der Waals surface area contributed by atoms with E-state index in [0.29, 0.717) is 23.5 Å². The fraction of sp³-hybridized carbons (Fsp3) is 0.318. The number of ether oxygens (including phenoxy) is 1. The van der Waals surface area contributed by atoms with Crippen LogP contribution in [0.25, 0.3) is 11.5 Å². The third-order valence-corrected chi connectivity index (χ3v) is 5.75. The minimum atomic E-state index is 0.0585. The summed E-state index contributed by atoms with van der Waals surface area (Å²) in [5.74, 6) is 1.39. The molecule has 0 bridgehead atoms. The van der Waals surface area contributed by atoms with Gasteiger partial charge in [-0.15, -0.1) is 10.2 Å². The highest BCUT2D eigenvalue weighted by Gasteiger charge is 2.17. The Morgan fingerprint density at radius 1 is 1.07 bits per heavy atom. The van der Waals surface area contributed by atoms with Crippen LogP contribution >= 0.6 is 11.8 Å². The standard InChI is InChI=1S/C22H24N2O3S/c1-6-26-20-10-8-7-9-17(20)21-23-24-22(27-21)28-12-19(25)18-11-13(2)14(3)15(4)16(18)5/h7-11H,6,12H2,1-5H3. The molecule has 3 rings (SSSR count). The number of hydrogen-bond donors (Lipinski definition) is 0. The Bertz CT molecular complexity index is 1010. The quantitative estimate of drug-likeness (QED) is 0.396. The SMILES string of the molecule is CCOc1ccccc1-c1nnc(SCC(=O)c2cc(C)c(C)c(C)c2C)o1. The Kier molecular flexibility index (Phi) is 6.19. The molecule has 0 amide bonds. The van der Waals surface area contributed by atoms with E-state index in [2.05, 4.69) is 24.0 Å². The lowest BCUT2D eigenvalue weighted by molar-refractivity contribution is 0.102. The van der Waals surface area contributed by atoms with E-state index in [4.69, 9.17) is 9.15 Å². The molecular weight excluding hydrogens is 372 g/mol. The smallest absolute Gasteiger partial charge is 0.277 e. The Balaban J connectivity index is 1.74. The van der Waals surface area contributed by atoms with Gasteiger partial charge in [-0.25, -0.2) is 0 Å². The maximum atomic E-state index is 12.7. The van der Waals surface area contributed by atoms with E-state index in [1.165, 1.54) is 22.9 Å². The van der Waals surface area contributed by atoms with Crippen LogP contribution in [0, 0.1) is 27.7 Å². The number of hydrogen-bond acceptors (Lipinski definition) is 6. The number of para-hydroxylation sites is 1. The molecule has 0 saturated heterocycles. The average Bonchev–Trinajstić information content (AvgIpc) is 3.17.